The summed E-state index contributed by atoms with van der Waals surface area (Å²) in [6, 6.07) is 17.6. The average Bonchev–Trinajstić information content (AvgIpc) is 2.94. The van der Waals surface area contributed by atoms with Gasteiger partial charge in [-0.25, -0.2) is 9.69 Å². The minimum Gasteiger partial charge on any atom is -0.410 e. The summed E-state index contributed by atoms with van der Waals surface area (Å²) in [5, 5.41) is 2.98. The fraction of sp³-hybridized carbons (Fsp3) is 0. The molecule has 3 aromatic rings. The van der Waals surface area contributed by atoms with Crippen LogP contribution in [0.4, 0.5) is 16.2 Å². The lowest BCUT2D eigenvalue weighted by Gasteiger charge is -2.14. The number of carbonyl (C=O) groups excluding carboxylic acids is 3. The zero-order valence-electron chi connectivity index (χ0n) is 14.7. The Hall–Kier alpha value is -3.35. The first-order valence-corrected chi connectivity index (χ1v) is 9.21. The van der Waals surface area contributed by atoms with E-state index in [0.717, 1.165) is 4.90 Å². The molecule has 3 amide bonds. The van der Waals surface area contributed by atoms with Crippen LogP contribution in [0.2, 0.25) is 10.0 Å². The molecule has 1 N–H and O–H groups in total. The van der Waals surface area contributed by atoms with Crippen LogP contribution >= 0.6 is 23.2 Å². The van der Waals surface area contributed by atoms with Gasteiger partial charge in [-0.1, -0.05) is 41.4 Å². The molecular formula is C21H12Cl2N2O4. The van der Waals surface area contributed by atoms with Crippen molar-refractivity contribution < 1.29 is 19.1 Å². The summed E-state index contributed by atoms with van der Waals surface area (Å²) in [6.45, 7) is 0. The molecule has 0 spiro atoms. The first-order valence-electron chi connectivity index (χ1n) is 8.46. The summed E-state index contributed by atoms with van der Waals surface area (Å²) >= 11 is 11.9. The number of ether oxygens (including phenoxy) is 1. The molecular weight excluding hydrogens is 415 g/mol. The Morgan fingerprint density at radius 1 is 0.828 bits per heavy atom. The number of para-hydroxylation sites is 1. The molecule has 0 saturated carbocycles. The van der Waals surface area contributed by atoms with Gasteiger partial charge in [-0.05, 0) is 48.5 Å². The smallest absolute Gasteiger partial charge is 0.410 e. The van der Waals surface area contributed by atoms with Crippen LogP contribution in [0.25, 0.3) is 0 Å². The summed E-state index contributed by atoms with van der Waals surface area (Å²) in [4.78, 5) is 38.3. The molecule has 0 saturated heterocycles. The molecule has 1 heterocycles. The number of nitrogens with one attached hydrogen (secondary N) is 1. The molecule has 0 unspecified atom stereocenters. The van der Waals surface area contributed by atoms with Gasteiger partial charge < -0.3 is 4.74 Å². The van der Waals surface area contributed by atoms with Crippen molar-refractivity contribution in [2.24, 2.45) is 0 Å². The molecule has 0 fully saturated rings. The Labute approximate surface area is 175 Å². The van der Waals surface area contributed by atoms with E-state index in [4.69, 9.17) is 27.9 Å². The molecule has 0 bridgehead atoms. The SMILES string of the molecule is O=C(Nc1ccccc1)Oc1ccc(N2C(=O)c3cc(Cl)c(Cl)cc3C2=O)cc1. The summed E-state index contributed by atoms with van der Waals surface area (Å²) in [6.07, 6.45) is -0.658. The standard InChI is InChI=1S/C21H12Cl2N2O4/c22-17-10-15-16(11-18(17)23)20(27)25(19(15)26)13-6-8-14(9-7-13)29-21(28)24-12-4-2-1-3-5-12/h1-11H,(H,24,28). The van der Waals surface area contributed by atoms with Gasteiger partial charge in [0.1, 0.15) is 5.75 Å². The van der Waals surface area contributed by atoms with E-state index in [1.807, 2.05) is 6.07 Å². The van der Waals surface area contributed by atoms with Crippen molar-refractivity contribution in [2.75, 3.05) is 10.2 Å². The second kappa shape index (κ2) is 7.58. The van der Waals surface area contributed by atoms with Gasteiger partial charge in [0, 0.05) is 5.69 Å². The minimum absolute atomic E-state index is 0.187. The van der Waals surface area contributed by atoms with E-state index in [9.17, 15) is 14.4 Å². The van der Waals surface area contributed by atoms with Crippen molar-refractivity contribution in [1.29, 1.82) is 0 Å². The first-order chi connectivity index (χ1) is 13.9. The molecule has 6 nitrogen and oxygen atoms in total. The third-order valence-corrected chi connectivity index (χ3v) is 4.98. The van der Waals surface area contributed by atoms with Crippen molar-refractivity contribution in [1.82, 2.24) is 0 Å². The number of hydrogen-bond acceptors (Lipinski definition) is 4. The number of nitrogens with zero attached hydrogens (tertiary/aromatic N) is 1. The molecule has 4 rings (SSSR count). The maximum atomic E-state index is 12.6. The molecule has 0 aromatic heterocycles. The lowest BCUT2D eigenvalue weighted by molar-refractivity contribution is 0.0926. The topological polar surface area (TPSA) is 75.7 Å². The molecule has 0 atom stereocenters. The summed E-state index contributed by atoms with van der Waals surface area (Å²) in [5.74, 6) is -0.747. The second-order valence-electron chi connectivity index (χ2n) is 6.13. The highest BCUT2D eigenvalue weighted by molar-refractivity contribution is 6.44. The third-order valence-electron chi connectivity index (χ3n) is 4.25. The number of carbonyl (C=O) groups is 3. The van der Waals surface area contributed by atoms with Crippen molar-refractivity contribution >= 4 is 52.5 Å². The fourth-order valence-corrected chi connectivity index (χ4v) is 3.23. The number of fused-ring (bicyclic) bond motifs is 1. The number of rotatable bonds is 3. The highest BCUT2D eigenvalue weighted by Crippen LogP contribution is 2.34. The maximum Gasteiger partial charge on any atom is 0.417 e. The van der Waals surface area contributed by atoms with Crippen molar-refractivity contribution in [3.05, 3.63) is 87.9 Å². The van der Waals surface area contributed by atoms with E-state index in [2.05, 4.69) is 5.32 Å². The summed E-state index contributed by atoms with van der Waals surface area (Å²) in [7, 11) is 0. The maximum absolute atomic E-state index is 12.6. The van der Waals surface area contributed by atoms with Gasteiger partial charge in [0.05, 0.1) is 26.9 Å². The van der Waals surface area contributed by atoms with Gasteiger partial charge in [-0.15, -0.1) is 0 Å². The van der Waals surface area contributed by atoms with Crippen molar-refractivity contribution in [3.63, 3.8) is 0 Å². The van der Waals surface area contributed by atoms with E-state index >= 15 is 0 Å². The normalized spacial score (nSPS) is 12.7. The Morgan fingerprint density at radius 2 is 1.38 bits per heavy atom. The first kappa shape index (κ1) is 19.0. The highest BCUT2D eigenvalue weighted by atomic mass is 35.5. The Bertz CT molecular complexity index is 1090. The third kappa shape index (κ3) is 3.68. The van der Waals surface area contributed by atoms with Gasteiger partial charge in [-0.2, -0.15) is 0 Å². The van der Waals surface area contributed by atoms with Crippen molar-refractivity contribution in [2.45, 2.75) is 0 Å². The lowest BCUT2D eigenvalue weighted by Crippen LogP contribution is -2.29. The van der Waals surface area contributed by atoms with Crippen LogP contribution in [0.5, 0.6) is 5.75 Å². The number of imide groups is 1. The average molecular weight is 427 g/mol. The molecule has 0 aliphatic carbocycles. The molecule has 3 aromatic carbocycles. The van der Waals surface area contributed by atoms with Crippen LogP contribution in [0, 0.1) is 0 Å². The van der Waals surface area contributed by atoms with E-state index in [-0.39, 0.29) is 26.9 Å². The lowest BCUT2D eigenvalue weighted by atomic mass is 10.1. The largest absolute Gasteiger partial charge is 0.417 e. The number of benzene rings is 3. The van der Waals surface area contributed by atoms with E-state index < -0.39 is 17.9 Å². The van der Waals surface area contributed by atoms with Crippen LogP contribution in [0.15, 0.2) is 66.7 Å². The van der Waals surface area contributed by atoms with E-state index in [0.29, 0.717) is 11.4 Å². The number of halogens is 2. The highest BCUT2D eigenvalue weighted by Gasteiger charge is 2.37. The van der Waals surface area contributed by atoms with Crippen LogP contribution < -0.4 is 15.0 Å². The zero-order valence-corrected chi connectivity index (χ0v) is 16.2. The van der Waals surface area contributed by atoms with Crippen LogP contribution in [0.1, 0.15) is 20.7 Å². The number of anilines is 2. The van der Waals surface area contributed by atoms with Gasteiger partial charge in [-0.3, -0.25) is 14.9 Å². The molecule has 0 radical (unpaired) electrons. The Balaban J connectivity index is 1.50. The minimum atomic E-state index is -0.658. The van der Waals surface area contributed by atoms with Crippen LogP contribution in [-0.2, 0) is 0 Å². The monoisotopic (exact) mass is 426 g/mol. The van der Waals surface area contributed by atoms with Gasteiger partial charge in [0.25, 0.3) is 11.8 Å². The number of amides is 3. The van der Waals surface area contributed by atoms with Gasteiger partial charge >= 0.3 is 6.09 Å². The summed E-state index contributed by atoms with van der Waals surface area (Å²) < 4.78 is 5.21. The number of hydrogen-bond donors (Lipinski definition) is 1. The fourth-order valence-electron chi connectivity index (χ4n) is 2.90. The van der Waals surface area contributed by atoms with Gasteiger partial charge in [0.2, 0.25) is 0 Å². The zero-order chi connectivity index (χ0) is 20.5. The molecule has 8 heteroatoms. The van der Waals surface area contributed by atoms with E-state index in [1.54, 1.807) is 24.3 Å². The molecule has 29 heavy (non-hydrogen) atoms. The second-order valence-corrected chi connectivity index (χ2v) is 6.95. The van der Waals surface area contributed by atoms with E-state index in [1.165, 1.54) is 36.4 Å². The molecule has 1 aliphatic rings. The Kier molecular flexibility index (Phi) is 4.96. The molecule has 144 valence electrons. The predicted octanol–water partition coefficient (Wildman–Crippen LogP) is 5.40. The Morgan fingerprint density at radius 3 is 1.93 bits per heavy atom. The quantitative estimate of drug-likeness (QED) is 0.568. The van der Waals surface area contributed by atoms with Crippen LogP contribution in [0.3, 0.4) is 0 Å². The summed E-state index contributed by atoms with van der Waals surface area (Å²) in [5.41, 5.74) is 1.30. The van der Waals surface area contributed by atoms with Crippen molar-refractivity contribution in [3.8, 4) is 5.75 Å². The van der Waals surface area contributed by atoms with Crippen LogP contribution in [-0.4, -0.2) is 17.9 Å². The van der Waals surface area contributed by atoms with Gasteiger partial charge in [0.15, 0.2) is 0 Å². The molecule has 1 aliphatic heterocycles. The predicted molar refractivity (Wildman–Crippen MR) is 110 cm³/mol.